The van der Waals surface area contributed by atoms with E-state index in [2.05, 4.69) is 206 Å². The molecule has 0 saturated heterocycles. The van der Waals surface area contributed by atoms with E-state index in [9.17, 15) is 0 Å². The third-order valence-corrected chi connectivity index (χ3v) is 15.4. The lowest BCUT2D eigenvalue weighted by Gasteiger charge is -2.48. The largest absolute Gasteiger partial charge is 0.311 e. The molecule has 3 heterocycles. The van der Waals surface area contributed by atoms with Gasteiger partial charge in [0, 0.05) is 48.9 Å². The van der Waals surface area contributed by atoms with Gasteiger partial charge in [0.2, 0.25) is 0 Å². The summed E-state index contributed by atoms with van der Waals surface area (Å²) in [4.78, 5) is 5.27. The Bertz CT molecular complexity index is 3070. The number of rotatable bonds is 3. The molecular weight excluding hydrogens is 744 g/mol. The van der Waals surface area contributed by atoms with Gasteiger partial charge in [-0.3, -0.25) is 0 Å². The van der Waals surface area contributed by atoms with E-state index < -0.39 is 0 Å². The Morgan fingerprint density at radius 1 is 0.500 bits per heavy atom. The van der Waals surface area contributed by atoms with Crippen LogP contribution in [0.3, 0.4) is 0 Å². The van der Waals surface area contributed by atoms with E-state index in [0.29, 0.717) is 0 Å². The molecule has 11 rings (SSSR count). The van der Waals surface area contributed by atoms with Gasteiger partial charge < -0.3 is 9.80 Å². The highest BCUT2D eigenvalue weighted by Gasteiger charge is 2.47. The summed E-state index contributed by atoms with van der Waals surface area (Å²) in [6.07, 6.45) is 2.35. The lowest BCUT2D eigenvalue weighted by Crippen LogP contribution is -2.62. The third kappa shape index (κ3) is 5.52. The zero-order valence-electron chi connectivity index (χ0n) is 36.5. The molecular formula is C56H53BN2S. The average Bonchev–Trinajstić information content (AvgIpc) is 3.59. The second-order valence-electron chi connectivity index (χ2n) is 20.2. The number of aryl methyl sites for hydroxylation is 2. The predicted molar refractivity (Wildman–Crippen MR) is 262 cm³/mol. The van der Waals surface area contributed by atoms with E-state index in [0.717, 1.165) is 0 Å². The highest BCUT2D eigenvalue weighted by molar-refractivity contribution is 7.26. The van der Waals surface area contributed by atoms with Crippen LogP contribution in [0.2, 0.25) is 0 Å². The van der Waals surface area contributed by atoms with Crippen molar-refractivity contribution in [1.82, 2.24) is 0 Å². The van der Waals surface area contributed by atoms with Crippen molar-refractivity contribution in [2.24, 2.45) is 0 Å². The summed E-state index contributed by atoms with van der Waals surface area (Å²) in [6.45, 7) is 21.5. The summed E-state index contributed by atoms with van der Waals surface area (Å²) >= 11 is 1.91. The Kier molecular flexibility index (Phi) is 8.09. The topological polar surface area (TPSA) is 6.48 Å². The van der Waals surface area contributed by atoms with Crippen molar-refractivity contribution in [1.29, 1.82) is 0 Å². The summed E-state index contributed by atoms with van der Waals surface area (Å²) in [7, 11) is 0. The maximum atomic E-state index is 2.67. The summed E-state index contributed by atoms with van der Waals surface area (Å²) in [5, 5.41) is 2.69. The molecule has 60 heavy (non-hydrogen) atoms. The quantitative estimate of drug-likeness (QED) is 0.164. The van der Waals surface area contributed by atoms with Crippen molar-refractivity contribution < 1.29 is 0 Å². The van der Waals surface area contributed by atoms with Crippen molar-refractivity contribution in [2.45, 2.75) is 91.4 Å². The molecule has 0 unspecified atom stereocenters. The molecule has 1 aromatic heterocycles. The molecule has 2 aliphatic heterocycles. The number of benzene rings is 7. The molecule has 3 aliphatic rings. The molecule has 4 heteroatoms. The van der Waals surface area contributed by atoms with Crippen LogP contribution < -0.4 is 26.2 Å². The number of anilines is 6. The normalized spacial score (nSPS) is 16.1. The Morgan fingerprint density at radius 3 is 1.78 bits per heavy atom. The van der Waals surface area contributed by atoms with Crippen LogP contribution in [0, 0.1) is 13.8 Å². The fourth-order valence-electron chi connectivity index (χ4n) is 10.8. The van der Waals surface area contributed by atoms with Crippen LogP contribution in [0.25, 0.3) is 31.3 Å². The first kappa shape index (κ1) is 37.4. The van der Waals surface area contributed by atoms with Gasteiger partial charge in [-0.05, 0) is 146 Å². The van der Waals surface area contributed by atoms with E-state index in [1.54, 1.807) is 0 Å². The lowest BCUT2D eigenvalue weighted by atomic mass is 9.33. The van der Waals surface area contributed by atoms with Crippen LogP contribution in [0.4, 0.5) is 34.1 Å². The summed E-state index contributed by atoms with van der Waals surface area (Å²) in [5.41, 5.74) is 21.3. The van der Waals surface area contributed by atoms with Crippen LogP contribution in [0.15, 0.2) is 133 Å². The van der Waals surface area contributed by atoms with Gasteiger partial charge in [-0.25, -0.2) is 0 Å². The van der Waals surface area contributed by atoms with Crippen molar-refractivity contribution >= 4 is 88.7 Å². The van der Waals surface area contributed by atoms with Crippen LogP contribution in [0.1, 0.15) is 89.1 Å². The minimum absolute atomic E-state index is 0.0321. The van der Waals surface area contributed by atoms with Crippen LogP contribution in [0.5, 0.6) is 0 Å². The molecule has 0 saturated carbocycles. The van der Waals surface area contributed by atoms with Gasteiger partial charge in [-0.15, -0.1) is 11.3 Å². The summed E-state index contributed by atoms with van der Waals surface area (Å²) in [6, 6.07) is 51.6. The Hall–Kier alpha value is -5.58. The molecule has 2 nitrogen and oxygen atoms in total. The monoisotopic (exact) mass is 796 g/mol. The van der Waals surface area contributed by atoms with E-state index in [4.69, 9.17) is 0 Å². The number of thiophene rings is 1. The Morgan fingerprint density at radius 2 is 1.10 bits per heavy atom. The average molecular weight is 797 g/mol. The number of para-hydroxylation sites is 1. The van der Waals surface area contributed by atoms with Crippen LogP contribution in [-0.2, 0) is 16.2 Å². The molecule has 0 N–H and O–H groups in total. The van der Waals surface area contributed by atoms with Gasteiger partial charge in [0.1, 0.15) is 0 Å². The Balaban J connectivity index is 1.32. The van der Waals surface area contributed by atoms with Crippen LogP contribution >= 0.6 is 11.3 Å². The van der Waals surface area contributed by atoms with Gasteiger partial charge in [-0.1, -0.05) is 139 Å². The first-order valence-electron chi connectivity index (χ1n) is 21.8. The Labute approximate surface area is 360 Å². The van der Waals surface area contributed by atoms with Gasteiger partial charge in [0.15, 0.2) is 0 Å². The number of nitrogens with zero attached hydrogens (tertiary/aromatic N) is 2. The molecule has 7 aromatic carbocycles. The maximum absolute atomic E-state index is 2.67. The van der Waals surface area contributed by atoms with E-state index >= 15 is 0 Å². The summed E-state index contributed by atoms with van der Waals surface area (Å²) < 4.78 is 2.67. The van der Waals surface area contributed by atoms with Crippen molar-refractivity contribution in [2.75, 3.05) is 9.80 Å². The number of hydrogen-bond donors (Lipinski definition) is 0. The van der Waals surface area contributed by atoms with Crippen molar-refractivity contribution in [3.63, 3.8) is 0 Å². The van der Waals surface area contributed by atoms with Gasteiger partial charge in [-0.2, -0.15) is 0 Å². The minimum atomic E-state index is 0.0321. The zero-order chi connectivity index (χ0) is 41.5. The third-order valence-electron chi connectivity index (χ3n) is 14.3. The molecule has 0 amide bonds. The van der Waals surface area contributed by atoms with E-state index in [1.807, 2.05) is 11.3 Å². The van der Waals surface area contributed by atoms with Crippen molar-refractivity contribution in [3.05, 3.63) is 161 Å². The highest BCUT2D eigenvalue weighted by Crippen LogP contribution is 2.52. The fraction of sp³-hybridized carbons (Fsp3) is 0.250. The highest BCUT2D eigenvalue weighted by atomic mass is 32.1. The molecule has 0 radical (unpaired) electrons. The van der Waals surface area contributed by atoms with E-state index in [-0.39, 0.29) is 23.0 Å². The van der Waals surface area contributed by atoms with Crippen molar-refractivity contribution in [3.8, 4) is 11.1 Å². The predicted octanol–water partition coefficient (Wildman–Crippen LogP) is 14.1. The first-order chi connectivity index (χ1) is 28.7. The van der Waals surface area contributed by atoms with Gasteiger partial charge in [0.05, 0.1) is 0 Å². The fourth-order valence-corrected chi connectivity index (χ4v) is 11.9. The number of fused-ring (bicyclic) bond motifs is 8. The second kappa shape index (κ2) is 13.0. The standard InChI is InChI=1S/C56H53BN2S/c1-34-17-13-15-21-45(34)58-48-33-52-40(39-20-14-16-22-51(39)60-52)30-43(48)57-44-31-41-42(56(8,9)26-25-55(41,6)7)32-47(44)59(46-24-23-38(27-35(46)2)54(3,4)5)50-29-37(28-49(58)53(50)57)36-18-11-10-12-19-36/h10-24,27-33H,25-26H2,1-9H3. The molecule has 296 valence electrons. The molecule has 0 atom stereocenters. The lowest BCUT2D eigenvalue weighted by molar-refractivity contribution is 0.332. The number of hydrogen-bond acceptors (Lipinski definition) is 3. The minimum Gasteiger partial charge on any atom is -0.311 e. The summed E-state index contributed by atoms with van der Waals surface area (Å²) in [5.74, 6) is 0. The smallest absolute Gasteiger partial charge is 0.252 e. The molecule has 1 aliphatic carbocycles. The molecule has 0 spiro atoms. The van der Waals surface area contributed by atoms with Gasteiger partial charge >= 0.3 is 0 Å². The second-order valence-corrected chi connectivity index (χ2v) is 21.2. The van der Waals surface area contributed by atoms with Crippen LogP contribution in [-0.4, -0.2) is 6.71 Å². The molecule has 0 fully saturated rings. The molecule has 8 aromatic rings. The van der Waals surface area contributed by atoms with E-state index in [1.165, 1.54) is 122 Å². The SMILES string of the molecule is Cc1cc(C(C)(C)C)ccc1N1c2cc3c(cc2B2c4cc5c(cc4N(c4ccccc4C)c4cc(-c6ccccc6)cc1c42)sc1ccccc15)C(C)(C)CCC3(C)C. The molecule has 0 bridgehead atoms. The maximum Gasteiger partial charge on any atom is 0.252 e. The zero-order valence-corrected chi connectivity index (χ0v) is 37.3. The first-order valence-corrected chi connectivity index (χ1v) is 22.7. The van der Waals surface area contributed by atoms with Gasteiger partial charge in [0.25, 0.3) is 6.71 Å².